The zero-order valence-corrected chi connectivity index (χ0v) is 13.4. The van der Waals surface area contributed by atoms with Crippen LogP contribution in [0.4, 0.5) is 13.2 Å². The summed E-state index contributed by atoms with van der Waals surface area (Å²) in [5.41, 5.74) is -0.534. The third-order valence-corrected chi connectivity index (χ3v) is 3.97. The van der Waals surface area contributed by atoms with Crippen molar-refractivity contribution >= 4 is 23.4 Å². The highest BCUT2D eigenvalue weighted by Gasteiger charge is 2.30. The van der Waals surface area contributed by atoms with Gasteiger partial charge >= 0.3 is 6.18 Å². The summed E-state index contributed by atoms with van der Waals surface area (Å²) in [7, 11) is 0. The summed E-state index contributed by atoms with van der Waals surface area (Å²) in [6, 6.07) is 8.03. The third-order valence-electron chi connectivity index (χ3n) is 2.87. The Morgan fingerprint density at radius 2 is 1.96 bits per heavy atom. The van der Waals surface area contributed by atoms with Gasteiger partial charge in [0.2, 0.25) is 11.7 Å². The van der Waals surface area contributed by atoms with Gasteiger partial charge in [-0.2, -0.15) is 18.2 Å². The van der Waals surface area contributed by atoms with Gasteiger partial charge in [-0.25, -0.2) is 0 Å². The summed E-state index contributed by atoms with van der Waals surface area (Å²) in [5, 5.41) is 12.2. The van der Waals surface area contributed by atoms with Crippen molar-refractivity contribution in [2.75, 3.05) is 0 Å². The molecule has 5 nitrogen and oxygen atoms in total. The number of nitrogens with zero attached hydrogens (tertiary/aromatic N) is 4. The van der Waals surface area contributed by atoms with Crippen molar-refractivity contribution in [1.82, 2.24) is 20.3 Å². The van der Waals surface area contributed by atoms with E-state index in [1.54, 1.807) is 12.1 Å². The Hall–Kier alpha value is -2.13. The molecule has 0 atom stereocenters. The van der Waals surface area contributed by atoms with Crippen molar-refractivity contribution < 1.29 is 17.7 Å². The summed E-state index contributed by atoms with van der Waals surface area (Å²) >= 11 is 6.93. The van der Waals surface area contributed by atoms with Gasteiger partial charge in [0.25, 0.3) is 0 Å². The molecule has 3 rings (SSSR count). The van der Waals surface area contributed by atoms with E-state index in [9.17, 15) is 13.2 Å². The lowest BCUT2D eigenvalue weighted by molar-refractivity contribution is -0.137. The smallest absolute Gasteiger partial charge is 0.338 e. The van der Waals surface area contributed by atoms with Crippen LogP contribution >= 0.6 is 23.4 Å². The zero-order chi connectivity index (χ0) is 17.2. The number of benzene rings is 1. The number of halogens is 4. The largest absolute Gasteiger partial charge is 0.416 e. The molecule has 0 amide bonds. The first-order valence-electron chi connectivity index (χ1n) is 6.54. The molecule has 0 unspecified atom stereocenters. The fourth-order valence-corrected chi connectivity index (χ4v) is 2.53. The van der Waals surface area contributed by atoms with Gasteiger partial charge in [-0.05, 0) is 24.3 Å². The van der Waals surface area contributed by atoms with Crippen LogP contribution in [0, 0.1) is 0 Å². The molecular weight excluding hydrogens is 365 g/mol. The van der Waals surface area contributed by atoms with E-state index in [0.717, 1.165) is 12.1 Å². The molecule has 0 aliphatic rings. The SMILES string of the molecule is FC(F)(F)c1cccc(-c2noc(CSc3ccc(Cl)nn3)n2)c1. The molecule has 0 saturated heterocycles. The van der Waals surface area contributed by atoms with Crippen LogP contribution in [0.15, 0.2) is 45.9 Å². The van der Waals surface area contributed by atoms with Crippen molar-refractivity contribution in [1.29, 1.82) is 0 Å². The molecule has 3 aromatic rings. The van der Waals surface area contributed by atoms with E-state index in [-0.39, 0.29) is 22.4 Å². The molecule has 10 heteroatoms. The van der Waals surface area contributed by atoms with Gasteiger partial charge in [0.15, 0.2) is 5.15 Å². The minimum atomic E-state index is -4.42. The lowest BCUT2D eigenvalue weighted by Crippen LogP contribution is -2.04. The summed E-state index contributed by atoms with van der Waals surface area (Å²) in [6.07, 6.45) is -4.42. The van der Waals surface area contributed by atoms with Gasteiger partial charge in [0.05, 0.1) is 11.3 Å². The quantitative estimate of drug-likeness (QED) is 0.629. The van der Waals surface area contributed by atoms with Crippen LogP contribution in [-0.2, 0) is 11.9 Å². The fraction of sp³-hybridized carbons (Fsp3) is 0.143. The molecule has 0 radical (unpaired) electrons. The number of hydrogen-bond acceptors (Lipinski definition) is 6. The van der Waals surface area contributed by atoms with Crippen LogP contribution in [0.25, 0.3) is 11.4 Å². The maximum Gasteiger partial charge on any atom is 0.416 e. The van der Waals surface area contributed by atoms with E-state index in [4.69, 9.17) is 16.1 Å². The Bertz CT molecular complexity index is 839. The van der Waals surface area contributed by atoms with Crippen LogP contribution in [0.2, 0.25) is 5.15 Å². The summed E-state index contributed by atoms with van der Waals surface area (Å²) < 4.78 is 43.3. The Morgan fingerprint density at radius 1 is 1.12 bits per heavy atom. The van der Waals surface area contributed by atoms with Crippen LogP contribution < -0.4 is 0 Å². The highest BCUT2D eigenvalue weighted by atomic mass is 35.5. The second-order valence-corrected chi connectivity index (χ2v) is 5.96. The van der Waals surface area contributed by atoms with Gasteiger partial charge in [-0.3, -0.25) is 0 Å². The number of rotatable bonds is 4. The van der Waals surface area contributed by atoms with E-state index in [0.29, 0.717) is 10.8 Å². The molecule has 0 N–H and O–H groups in total. The molecule has 0 fully saturated rings. The molecule has 0 bridgehead atoms. The lowest BCUT2D eigenvalue weighted by Gasteiger charge is -2.06. The second kappa shape index (κ2) is 6.78. The van der Waals surface area contributed by atoms with Gasteiger partial charge < -0.3 is 4.52 Å². The van der Waals surface area contributed by atoms with Crippen molar-refractivity contribution in [3.8, 4) is 11.4 Å². The molecule has 0 saturated carbocycles. The van der Waals surface area contributed by atoms with Crippen molar-refractivity contribution in [2.45, 2.75) is 17.0 Å². The van der Waals surface area contributed by atoms with Crippen LogP contribution in [-0.4, -0.2) is 20.3 Å². The first-order chi connectivity index (χ1) is 11.4. The van der Waals surface area contributed by atoms with Crippen LogP contribution in [0.3, 0.4) is 0 Å². The summed E-state index contributed by atoms with van der Waals surface area (Å²) in [6.45, 7) is 0. The standard InChI is InChI=1S/C14H8ClF3N4OS/c15-10-4-5-12(21-20-10)24-7-11-19-13(22-23-11)8-2-1-3-9(6-8)14(16,17)18/h1-6H,7H2. The van der Waals surface area contributed by atoms with E-state index in [1.807, 2.05) is 0 Å². The predicted molar refractivity (Wildman–Crippen MR) is 81.3 cm³/mol. The van der Waals surface area contributed by atoms with E-state index in [1.165, 1.54) is 23.9 Å². The Kier molecular flexibility index (Phi) is 4.72. The maximum atomic E-state index is 12.7. The molecule has 0 aliphatic carbocycles. The Morgan fingerprint density at radius 3 is 2.67 bits per heavy atom. The highest BCUT2D eigenvalue weighted by Crippen LogP contribution is 2.31. The molecule has 1 aromatic carbocycles. The normalized spacial score (nSPS) is 11.7. The molecule has 0 spiro atoms. The molecule has 24 heavy (non-hydrogen) atoms. The van der Waals surface area contributed by atoms with E-state index >= 15 is 0 Å². The number of aromatic nitrogens is 4. The Labute approximate surface area is 143 Å². The van der Waals surface area contributed by atoms with Crippen molar-refractivity contribution in [3.63, 3.8) is 0 Å². The van der Waals surface area contributed by atoms with E-state index in [2.05, 4.69) is 20.3 Å². The van der Waals surface area contributed by atoms with Gasteiger partial charge in [-0.1, -0.05) is 40.7 Å². The minimum Gasteiger partial charge on any atom is -0.338 e. The zero-order valence-electron chi connectivity index (χ0n) is 11.8. The average Bonchev–Trinajstić information content (AvgIpc) is 3.03. The monoisotopic (exact) mass is 372 g/mol. The minimum absolute atomic E-state index is 0.0962. The molecule has 2 aromatic heterocycles. The second-order valence-electron chi connectivity index (χ2n) is 4.57. The average molecular weight is 373 g/mol. The molecule has 0 aliphatic heterocycles. The maximum absolute atomic E-state index is 12.7. The third kappa shape index (κ3) is 4.04. The van der Waals surface area contributed by atoms with Gasteiger partial charge in [0, 0.05) is 5.56 Å². The van der Waals surface area contributed by atoms with Gasteiger partial charge in [-0.15, -0.1) is 10.2 Å². The topological polar surface area (TPSA) is 64.7 Å². The number of alkyl halides is 3. The van der Waals surface area contributed by atoms with Crippen LogP contribution in [0.5, 0.6) is 0 Å². The predicted octanol–water partition coefficient (Wildman–Crippen LogP) is 4.49. The summed E-state index contributed by atoms with van der Waals surface area (Å²) in [4.78, 5) is 4.10. The van der Waals surface area contributed by atoms with E-state index < -0.39 is 11.7 Å². The molecular formula is C14H8ClF3N4OS. The van der Waals surface area contributed by atoms with Crippen molar-refractivity contribution in [2.24, 2.45) is 0 Å². The number of hydrogen-bond donors (Lipinski definition) is 0. The first kappa shape index (κ1) is 16.7. The van der Waals surface area contributed by atoms with Crippen molar-refractivity contribution in [3.05, 3.63) is 53.0 Å². The lowest BCUT2D eigenvalue weighted by atomic mass is 10.1. The summed E-state index contributed by atoms with van der Waals surface area (Å²) in [5.74, 6) is 0.672. The molecule has 2 heterocycles. The highest BCUT2D eigenvalue weighted by molar-refractivity contribution is 7.98. The Balaban J connectivity index is 1.72. The first-order valence-corrected chi connectivity index (χ1v) is 7.90. The van der Waals surface area contributed by atoms with Gasteiger partial charge in [0.1, 0.15) is 5.03 Å². The molecule has 124 valence electrons. The fourth-order valence-electron chi connectivity index (χ4n) is 1.78. The van der Waals surface area contributed by atoms with Crippen LogP contribution in [0.1, 0.15) is 11.5 Å². The number of thioether (sulfide) groups is 1.